The molecule has 0 aliphatic carbocycles. The molecule has 1 aromatic carbocycles. The van der Waals surface area contributed by atoms with Crippen molar-refractivity contribution < 1.29 is 9.13 Å². The normalized spacial score (nSPS) is 17.8. The molecule has 0 spiro atoms. The lowest BCUT2D eigenvalue weighted by molar-refractivity contribution is 0.0179. The van der Waals surface area contributed by atoms with Crippen molar-refractivity contribution in [2.24, 2.45) is 4.99 Å². The number of nitrogens with zero attached hydrogens (tertiary/aromatic N) is 2. The van der Waals surface area contributed by atoms with Gasteiger partial charge in [0.15, 0.2) is 5.96 Å². The molecule has 1 atom stereocenters. The first kappa shape index (κ1) is 18.7. The van der Waals surface area contributed by atoms with Crippen molar-refractivity contribution in [2.75, 3.05) is 39.4 Å². The van der Waals surface area contributed by atoms with E-state index >= 15 is 0 Å². The van der Waals surface area contributed by atoms with E-state index in [1.54, 1.807) is 12.1 Å². The molecule has 24 heavy (non-hydrogen) atoms. The summed E-state index contributed by atoms with van der Waals surface area (Å²) < 4.78 is 19.1. The van der Waals surface area contributed by atoms with Crippen LogP contribution in [0, 0.1) is 5.82 Å². The summed E-state index contributed by atoms with van der Waals surface area (Å²) in [7, 11) is 0. The SMILES string of the molecule is CCNC(=NCC(c1cccc(F)c1)N1CCOCC1)NC(C)C. The smallest absolute Gasteiger partial charge is 0.191 e. The van der Waals surface area contributed by atoms with Crippen molar-refractivity contribution in [3.63, 3.8) is 0 Å². The average Bonchev–Trinajstić information content (AvgIpc) is 2.56. The zero-order valence-electron chi connectivity index (χ0n) is 14.9. The topological polar surface area (TPSA) is 48.9 Å². The number of guanidine groups is 1. The third kappa shape index (κ3) is 5.76. The largest absolute Gasteiger partial charge is 0.379 e. The second kappa shape index (κ2) is 9.59. The lowest BCUT2D eigenvalue weighted by atomic mass is 10.0. The van der Waals surface area contributed by atoms with Gasteiger partial charge in [0, 0.05) is 25.7 Å². The Hall–Kier alpha value is -1.66. The number of benzene rings is 1. The molecule has 5 nitrogen and oxygen atoms in total. The van der Waals surface area contributed by atoms with Crippen molar-refractivity contribution >= 4 is 5.96 Å². The van der Waals surface area contributed by atoms with Gasteiger partial charge in [-0.05, 0) is 38.5 Å². The number of nitrogens with one attached hydrogen (secondary N) is 2. The van der Waals surface area contributed by atoms with Crippen molar-refractivity contribution in [1.29, 1.82) is 0 Å². The first-order valence-corrected chi connectivity index (χ1v) is 8.72. The summed E-state index contributed by atoms with van der Waals surface area (Å²) in [6.07, 6.45) is 0. The van der Waals surface area contributed by atoms with E-state index in [1.165, 1.54) is 6.07 Å². The Morgan fingerprint density at radius 1 is 1.33 bits per heavy atom. The summed E-state index contributed by atoms with van der Waals surface area (Å²) in [6.45, 7) is 10.7. The van der Waals surface area contributed by atoms with Crippen molar-refractivity contribution in [1.82, 2.24) is 15.5 Å². The lowest BCUT2D eigenvalue weighted by Gasteiger charge is -2.34. The van der Waals surface area contributed by atoms with E-state index in [9.17, 15) is 4.39 Å². The zero-order valence-corrected chi connectivity index (χ0v) is 14.9. The molecule has 1 aliphatic rings. The molecule has 0 radical (unpaired) electrons. The fourth-order valence-electron chi connectivity index (χ4n) is 2.81. The van der Waals surface area contributed by atoms with Crippen LogP contribution < -0.4 is 10.6 Å². The molecule has 1 heterocycles. The van der Waals surface area contributed by atoms with Crippen molar-refractivity contribution in [3.8, 4) is 0 Å². The molecular formula is C18H29FN4O. The highest BCUT2D eigenvalue weighted by atomic mass is 19.1. The molecule has 134 valence electrons. The second-order valence-corrected chi connectivity index (χ2v) is 6.24. The summed E-state index contributed by atoms with van der Waals surface area (Å²) in [4.78, 5) is 7.04. The summed E-state index contributed by atoms with van der Waals surface area (Å²) >= 11 is 0. The van der Waals surface area contributed by atoms with Crippen LogP contribution in [0.2, 0.25) is 0 Å². The van der Waals surface area contributed by atoms with Gasteiger partial charge < -0.3 is 15.4 Å². The number of halogens is 1. The molecule has 1 saturated heterocycles. The molecule has 0 bridgehead atoms. The van der Waals surface area contributed by atoms with Crippen LogP contribution in [0.5, 0.6) is 0 Å². The highest BCUT2D eigenvalue weighted by molar-refractivity contribution is 5.80. The maximum Gasteiger partial charge on any atom is 0.191 e. The van der Waals surface area contributed by atoms with E-state index < -0.39 is 0 Å². The van der Waals surface area contributed by atoms with E-state index in [-0.39, 0.29) is 11.9 Å². The molecule has 2 N–H and O–H groups in total. The van der Waals surface area contributed by atoms with Gasteiger partial charge in [0.05, 0.1) is 25.8 Å². The Morgan fingerprint density at radius 3 is 2.71 bits per heavy atom. The molecule has 0 saturated carbocycles. The minimum atomic E-state index is -0.207. The number of hydrogen-bond acceptors (Lipinski definition) is 3. The number of hydrogen-bond donors (Lipinski definition) is 2. The van der Waals surface area contributed by atoms with Gasteiger partial charge in [0.2, 0.25) is 0 Å². The predicted molar refractivity (Wildman–Crippen MR) is 95.8 cm³/mol. The number of ether oxygens (including phenoxy) is 1. The van der Waals surface area contributed by atoms with E-state index in [2.05, 4.69) is 29.4 Å². The molecule has 0 aromatic heterocycles. The van der Waals surface area contributed by atoms with Gasteiger partial charge in [0.1, 0.15) is 5.82 Å². The van der Waals surface area contributed by atoms with Gasteiger partial charge in [-0.1, -0.05) is 12.1 Å². The van der Waals surface area contributed by atoms with Crippen molar-refractivity contribution in [3.05, 3.63) is 35.6 Å². The molecule has 2 rings (SSSR count). The van der Waals surface area contributed by atoms with Gasteiger partial charge >= 0.3 is 0 Å². The van der Waals surface area contributed by atoms with E-state index in [0.717, 1.165) is 31.2 Å². The van der Waals surface area contributed by atoms with Crippen molar-refractivity contribution in [2.45, 2.75) is 32.9 Å². The minimum Gasteiger partial charge on any atom is -0.379 e. The summed E-state index contributed by atoms with van der Waals surface area (Å²) in [6, 6.07) is 7.18. The third-order valence-electron chi connectivity index (χ3n) is 3.91. The summed E-state index contributed by atoms with van der Waals surface area (Å²) in [5, 5.41) is 6.58. The first-order valence-electron chi connectivity index (χ1n) is 8.72. The summed E-state index contributed by atoms with van der Waals surface area (Å²) in [5.41, 5.74) is 0.959. The van der Waals surface area contributed by atoms with Gasteiger partial charge in [-0.15, -0.1) is 0 Å². The highest BCUT2D eigenvalue weighted by Gasteiger charge is 2.23. The Labute approximate surface area is 144 Å². The van der Waals surface area contributed by atoms with Crippen LogP contribution in [0.25, 0.3) is 0 Å². The van der Waals surface area contributed by atoms with E-state index in [4.69, 9.17) is 9.73 Å². The molecular weight excluding hydrogens is 307 g/mol. The van der Waals surface area contributed by atoms with E-state index in [0.29, 0.717) is 25.8 Å². The van der Waals surface area contributed by atoms with Gasteiger partial charge in [0.25, 0.3) is 0 Å². The quantitative estimate of drug-likeness (QED) is 0.617. The maximum absolute atomic E-state index is 13.7. The van der Waals surface area contributed by atoms with Gasteiger partial charge in [-0.3, -0.25) is 9.89 Å². The molecule has 1 unspecified atom stereocenters. The van der Waals surface area contributed by atoms with Crippen LogP contribution in [0.15, 0.2) is 29.3 Å². The Balaban J connectivity index is 2.18. The van der Waals surface area contributed by atoms with Gasteiger partial charge in [-0.25, -0.2) is 4.39 Å². The second-order valence-electron chi connectivity index (χ2n) is 6.24. The Morgan fingerprint density at radius 2 is 2.08 bits per heavy atom. The number of aliphatic imine (C=N–C) groups is 1. The van der Waals surface area contributed by atoms with E-state index in [1.807, 2.05) is 13.0 Å². The standard InChI is InChI=1S/C18H29FN4O/c1-4-20-18(22-14(2)3)21-13-17(23-8-10-24-11-9-23)15-6-5-7-16(19)12-15/h5-7,12,14,17H,4,8-11,13H2,1-3H3,(H2,20,21,22). The average molecular weight is 336 g/mol. The van der Waals surface area contributed by atoms with Crippen LogP contribution in [0.3, 0.4) is 0 Å². The number of morpholine rings is 1. The molecule has 1 fully saturated rings. The Kier molecular flexibility index (Phi) is 7.46. The van der Waals surface area contributed by atoms with Gasteiger partial charge in [-0.2, -0.15) is 0 Å². The van der Waals surface area contributed by atoms with Crippen LogP contribution in [-0.2, 0) is 4.74 Å². The molecule has 1 aromatic rings. The third-order valence-corrected chi connectivity index (χ3v) is 3.91. The lowest BCUT2D eigenvalue weighted by Crippen LogP contribution is -2.43. The summed E-state index contributed by atoms with van der Waals surface area (Å²) in [5.74, 6) is 0.587. The minimum absolute atomic E-state index is 0.0484. The number of rotatable bonds is 6. The Bertz CT molecular complexity index is 530. The first-order chi connectivity index (χ1) is 11.6. The fourth-order valence-corrected chi connectivity index (χ4v) is 2.81. The highest BCUT2D eigenvalue weighted by Crippen LogP contribution is 2.23. The molecule has 0 amide bonds. The fraction of sp³-hybridized carbons (Fsp3) is 0.611. The van der Waals surface area contributed by atoms with Crippen LogP contribution in [0.1, 0.15) is 32.4 Å². The molecule has 1 aliphatic heterocycles. The van der Waals surface area contributed by atoms with Crippen LogP contribution in [-0.4, -0.2) is 56.3 Å². The molecule has 6 heteroatoms. The van der Waals surface area contributed by atoms with Crippen LogP contribution >= 0.6 is 0 Å². The zero-order chi connectivity index (χ0) is 17.4. The van der Waals surface area contributed by atoms with Crippen LogP contribution in [0.4, 0.5) is 4.39 Å². The maximum atomic E-state index is 13.7. The monoisotopic (exact) mass is 336 g/mol. The predicted octanol–water partition coefficient (Wildman–Crippen LogP) is 2.16.